The molecular weight excluding hydrogens is 117 g/mol. The Bertz CT molecular complexity index is 53.5. The molecule has 2 heteroatoms. The molecule has 0 unspecified atom stereocenters. The summed E-state index contributed by atoms with van der Waals surface area (Å²) in [6.07, 6.45) is 0. The number of hydrogen-bond acceptors (Lipinski definition) is 0. The van der Waals surface area contributed by atoms with Crippen molar-refractivity contribution in [3.05, 3.63) is 0 Å². The molecule has 0 saturated heterocycles. The van der Waals surface area contributed by atoms with E-state index in [1.54, 1.807) is 0 Å². The number of rotatable bonds is 2. The molecule has 0 heterocycles. The normalized spacial score (nSPS) is 13.1. The zero-order valence-electron chi connectivity index (χ0n) is 6.23. The van der Waals surface area contributed by atoms with Crippen molar-refractivity contribution >= 4 is 8.07 Å². The van der Waals surface area contributed by atoms with Crippen LogP contribution in [0.25, 0.3) is 0 Å². The molecule has 51 valence electrons. The fourth-order valence-electron chi connectivity index (χ4n) is 0.770. The quantitative estimate of drug-likeness (QED) is 0.515. The van der Waals surface area contributed by atoms with Crippen molar-refractivity contribution in [3.63, 3.8) is 0 Å². The van der Waals surface area contributed by atoms with E-state index in [9.17, 15) is 0 Å². The molecule has 0 rings (SSSR count). The Morgan fingerprint density at radius 2 is 1.25 bits per heavy atom. The van der Waals surface area contributed by atoms with Gasteiger partial charge in [0.1, 0.15) is 0 Å². The summed E-state index contributed by atoms with van der Waals surface area (Å²) in [5.74, 6) is 0. The summed E-state index contributed by atoms with van der Waals surface area (Å²) in [5, 5.41) is 0. The van der Waals surface area contributed by atoms with E-state index in [-0.39, 0.29) is 0 Å². The van der Waals surface area contributed by atoms with Gasteiger partial charge in [0.15, 0.2) is 0 Å². The summed E-state index contributed by atoms with van der Waals surface area (Å²) in [7, 11) is -1.10. The summed E-state index contributed by atoms with van der Waals surface area (Å²) in [6, 6.07) is 0. The predicted molar refractivity (Wildman–Crippen MR) is 43.1 cm³/mol. The molecule has 1 radical (unpaired) electrons. The Kier molecular flexibility index (Phi) is 3.59. The van der Waals surface area contributed by atoms with E-state index >= 15 is 0 Å². The van der Waals surface area contributed by atoms with Gasteiger partial charge in [-0.1, -0.05) is 0 Å². The average molecular weight is 134 g/mol. The Hall–Kier alpha value is 0.390. The van der Waals surface area contributed by atoms with Gasteiger partial charge in [0.25, 0.3) is 0 Å². The van der Waals surface area contributed by atoms with E-state index in [4.69, 9.17) is 5.50 Å². The molecular formula is C6H17NP. The number of nitrogens with one attached hydrogen (secondary N) is 1. The minimum atomic E-state index is -1.10. The molecule has 0 aliphatic heterocycles. The van der Waals surface area contributed by atoms with E-state index < -0.39 is 8.07 Å². The third-order valence-corrected chi connectivity index (χ3v) is 4.31. The number of hydrogen-bond donors (Lipinski definition) is 0. The summed E-state index contributed by atoms with van der Waals surface area (Å²) in [4.78, 5) is 0. The van der Waals surface area contributed by atoms with Crippen LogP contribution in [0.1, 0.15) is 27.7 Å². The van der Waals surface area contributed by atoms with Crippen LogP contribution < -0.4 is 5.50 Å². The zero-order valence-corrected chi connectivity index (χ0v) is 7.39. The Morgan fingerprint density at radius 1 is 1.00 bits per heavy atom. The summed E-state index contributed by atoms with van der Waals surface area (Å²) in [5.41, 5.74) is 8.92. The van der Waals surface area contributed by atoms with Crippen LogP contribution in [0, 0.1) is 0 Å². The Labute approximate surface area is 53.5 Å². The van der Waals surface area contributed by atoms with Gasteiger partial charge < -0.3 is 0 Å². The van der Waals surface area contributed by atoms with Crippen molar-refractivity contribution in [1.29, 1.82) is 0 Å². The molecule has 0 bridgehead atoms. The molecule has 1 nitrogen and oxygen atoms in total. The van der Waals surface area contributed by atoms with E-state index in [0.29, 0.717) is 11.3 Å². The molecule has 0 amide bonds. The van der Waals surface area contributed by atoms with Gasteiger partial charge >= 0.3 is 52.6 Å². The van der Waals surface area contributed by atoms with Crippen molar-refractivity contribution in [1.82, 2.24) is 5.50 Å². The fourth-order valence-corrected chi connectivity index (χ4v) is 2.31. The molecule has 0 fully saturated rings. The minimum absolute atomic E-state index is 0.648. The average Bonchev–Trinajstić information content (AvgIpc) is 1.64. The first-order chi connectivity index (χ1) is 3.55. The maximum atomic E-state index is 7.62. The first-order valence-electron chi connectivity index (χ1n) is 3.26. The van der Waals surface area contributed by atoms with Crippen LogP contribution in [0.4, 0.5) is 0 Å². The van der Waals surface area contributed by atoms with Crippen molar-refractivity contribution < 1.29 is 0 Å². The van der Waals surface area contributed by atoms with Gasteiger partial charge in [-0.15, -0.1) is 0 Å². The summed E-state index contributed by atoms with van der Waals surface area (Å²) < 4.78 is 0. The molecule has 0 aromatic rings. The molecule has 8 heavy (non-hydrogen) atoms. The van der Waals surface area contributed by atoms with Crippen molar-refractivity contribution in [2.24, 2.45) is 0 Å². The van der Waals surface area contributed by atoms with Crippen LogP contribution in [0.5, 0.6) is 0 Å². The third kappa shape index (κ3) is 2.64. The van der Waals surface area contributed by atoms with Crippen LogP contribution >= 0.6 is 8.07 Å². The van der Waals surface area contributed by atoms with E-state index in [1.807, 2.05) is 0 Å². The fraction of sp³-hybridized carbons (Fsp3) is 1.00. The van der Waals surface area contributed by atoms with Gasteiger partial charge in [0.05, 0.1) is 0 Å². The van der Waals surface area contributed by atoms with Gasteiger partial charge in [-0.3, -0.25) is 0 Å². The van der Waals surface area contributed by atoms with Gasteiger partial charge in [-0.25, -0.2) is 0 Å². The Morgan fingerprint density at radius 3 is 1.25 bits per heavy atom. The second-order valence-electron chi connectivity index (χ2n) is 3.01. The summed E-state index contributed by atoms with van der Waals surface area (Å²) >= 11 is 0. The monoisotopic (exact) mass is 134 g/mol. The molecule has 0 aromatic heterocycles. The van der Waals surface area contributed by atoms with Crippen LogP contribution in [0.2, 0.25) is 0 Å². The molecule has 0 saturated carbocycles. The van der Waals surface area contributed by atoms with Crippen molar-refractivity contribution in [2.45, 2.75) is 39.0 Å². The maximum absolute atomic E-state index is 7.62. The predicted octanol–water partition coefficient (Wildman–Crippen LogP) is 1.95. The van der Waals surface area contributed by atoms with Crippen molar-refractivity contribution in [2.75, 3.05) is 0 Å². The summed E-state index contributed by atoms with van der Waals surface area (Å²) in [6.45, 7) is 8.63. The second kappa shape index (κ2) is 3.42. The first kappa shape index (κ1) is 8.39. The molecule has 1 N–H and O–H groups in total. The van der Waals surface area contributed by atoms with E-state index in [2.05, 4.69) is 27.7 Å². The van der Waals surface area contributed by atoms with Gasteiger partial charge in [-0.2, -0.15) is 0 Å². The van der Waals surface area contributed by atoms with Crippen LogP contribution in [0.15, 0.2) is 0 Å². The van der Waals surface area contributed by atoms with Crippen LogP contribution in [-0.4, -0.2) is 11.3 Å². The standard InChI is InChI=1S/C6H17NP/c1-5(2)8(7)6(3)4/h5-7H,8H2,1-4H3. The topological polar surface area (TPSA) is 23.8 Å². The molecule has 0 aliphatic rings. The van der Waals surface area contributed by atoms with Crippen molar-refractivity contribution in [3.8, 4) is 0 Å². The zero-order chi connectivity index (χ0) is 6.73. The molecule has 0 atom stereocenters. The third-order valence-electron chi connectivity index (χ3n) is 1.44. The van der Waals surface area contributed by atoms with Crippen LogP contribution in [0.3, 0.4) is 0 Å². The van der Waals surface area contributed by atoms with Gasteiger partial charge in [-0.05, 0) is 0 Å². The molecule has 0 spiro atoms. The van der Waals surface area contributed by atoms with Crippen LogP contribution in [-0.2, 0) is 0 Å². The van der Waals surface area contributed by atoms with E-state index in [0.717, 1.165) is 0 Å². The Balaban J connectivity index is 3.46. The SMILES string of the molecule is CC(C)[PH2]([NH])C(C)C. The van der Waals surface area contributed by atoms with Gasteiger partial charge in [0, 0.05) is 0 Å². The first-order valence-corrected chi connectivity index (χ1v) is 5.18. The molecule has 0 aliphatic carbocycles. The molecule has 0 aromatic carbocycles. The second-order valence-corrected chi connectivity index (χ2v) is 6.73. The van der Waals surface area contributed by atoms with E-state index in [1.165, 1.54) is 0 Å². The van der Waals surface area contributed by atoms with Gasteiger partial charge in [0.2, 0.25) is 0 Å².